The van der Waals surface area contributed by atoms with E-state index in [2.05, 4.69) is 67.8 Å². The Morgan fingerprint density at radius 1 is 0.529 bits per heavy atom. The van der Waals surface area contributed by atoms with E-state index in [-0.39, 0.29) is 109 Å². The van der Waals surface area contributed by atoms with Crippen LogP contribution in [-0.4, -0.2) is 316 Å². The Hall–Kier alpha value is -13.4. The summed E-state index contributed by atoms with van der Waals surface area (Å²) < 4.78 is 0. The number of benzene rings is 3. The lowest BCUT2D eigenvalue weighted by Crippen LogP contribution is -2.60. The number of fused-ring (bicyclic) bond motifs is 4. The number of carbonyl (C=O) groups is 18. The summed E-state index contributed by atoms with van der Waals surface area (Å²) in [6, 6.07) is -0.252. The predicted molar refractivity (Wildman–Crippen MR) is 508 cm³/mol. The molecule has 3 fully saturated rings. The molecule has 3 aromatic heterocycles. The molecular weight excluding hydrogens is 1810 g/mol. The van der Waals surface area contributed by atoms with Gasteiger partial charge in [-0.15, -0.1) is 11.8 Å². The summed E-state index contributed by atoms with van der Waals surface area (Å²) in [5.41, 5.74) is 26.3. The molecular formula is C94H132N22O21S. The molecule has 6 heterocycles. The van der Waals surface area contributed by atoms with Crippen molar-refractivity contribution in [2.24, 2.45) is 28.9 Å². The van der Waals surface area contributed by atoms with E-state index >= 15 is 38.4 Å². The molecule has 6 aromatic rings. The number of H-pyrrole nitrogens is 3. The maximum absolute atomic E-state index is 15.9. The molecule has 3 aliphatic rings. The SMILES string of the molecule is CCCC[C@H]1C(=O)N(C)[C@@H](CCCC)C(=O)N[C@@H](CCC(N)=O)C(=O)N[C@H](C(=O)NCC(N)=O)CSCC(=O)N[C@@H](Cc2ccc(O)cc2)C(=O)N(C)[C@@H](C)C(=O)N[C@@H](CC(=O)O)C(=O)N2CCC[C@H]2C(=O)N[C@@H](Cc2cnc[nH]2)C(=O)N[C@@H](CCCCN)C(=O)N2C[C@H](O)C[C@H]2C(=O)C[C@@H](Cc2c[nH]c3ccccc23)C(=O)N[C@@H](CCCCN)C(=O)N[C@@H](Cc2c[nH]c3ccccc23)C(=O)N1C. The molecule has 43 nitrogen and oxygen atoms in total. The van der Waals surface area contributed by atoms with Crippen LogP contribution in [0.4, 0.5) is 0 Å². The summed E-state index contributed by atoms with van der Waals surface area (Å²) in [4.78, 5) is 283. The number of likely N-dealkylation sites (N-methyl/N-ethyl adjacent to an activating group) is 3. The summed E-state index contributed by atoms with van der Waals surface area (Å²) >= 11 is 0.725. The molecule has 0 bridgehead atoms. The summed E-state index contributed by atoms with van der Waals surface area (Å²) in [6.07, 6.45) is 3.36. The Morgan fingerprint density at radius 2 is 1.08 bits per heavy atom. The monoisotopic (exact) mass is 1940 g/mol. The number of hydrogen-bond acceptors (Lipinski definition) is 24. The number of amides is 16. The molecule has 15 atom stereocenters. The number of phenols is 1. The van der Waals surface area contributed by atoms with Gasteiger partial charge in [0, 0.05) is 131 Å². The van der Waals surface area contributed by atoms with Gasteiger partial charge in [0.05, 0.1) is 37.2 Å². The van der Waals surface area contributed by atoms with Crippen molar-refractivity contribution in [1.82, 2.24) is 92.3 Å². The highest BCUT2D eigenvalue weighted by molar-refractivity contribution is 8.00. The number of aromatic nitrogens is 4. The number of carbonyl (C=O) groups excluding carboxylic acids is 17. The molecule has 138 heavy (non-hydrogen) atoms. The van der Waals surface area contributed by atoms with Crippen molar-refractivity contribution >= 4 is 140 Å². The molecule has 3 aromatic carbocycles. The molecule has 3 aliphatic heterocycles. The second kappa shape index (κ2) is 52.8. The predicted octanol–water partition coefficient (Wildman–Crippen LogP) is -1.02. The Bertz CT molecular complexity index is 5270. The van der Waals surface area contributed by atoms with Crippen LogP contribution in [0.25, 0.3) is 21.8 Å². The number of Topliss-reactive ketones (excluding diaryl/α,β-unsaturated/α-hetero) is 1. The van der Waals surface area contributed by atoms with Crippen LogP contribution in [0.2, 0.25) is 0 Å². The minimum absolute atomic E-state index is 0.000474. The van der Waals surface area contributed by atoms with Gasteiger partial charge >= 0.3 is 5.97 Å². The fourth-order valence-electron chi connectivity index (χ4n) is 17.4. The average Bonchev–Trinajstić information content (AvgIpc) is 1.43. The van der Waals surface area contributed by atoms with Crippen molar-refractivity contribution in [2.75, 3.05) is 65.4 Å². The van der Waals surface area contributed by atoms with Crippen LogP contribution in [-0.2, 0) is 112 Å². The first-order valence-corrected chi connectivity index (χ1v) is 48.0. The number of aromatic hydroxyl groups is 1. The summed E-state index contributed by atoms with van der Waals surface area (Å²) in [7, 11) is 3.90. The number of carboxylic acids is 1. The second-order valence-corrected chi connectivity index (χ2v) is 36.5. The lowest BCUT2D eigenvalue weighted by Gasteiger charge is -2.36. The zero-order chi connectivity index (χ0) is 101. The number of aliphatic hydroxyl groups is 1. The van der Waals surface area contributed by atoms with Crippen LogP contribution < -0.4 is 70.8 Å². The van der Waals surface area contributed by atoms with E-state index in [1.54, 1.807) is 54.9 Å². The number of nitrogens with zero attached hydrogens (tertiary/aromatic N) is 6. The Labute approximate surface area is 802 Å². The molecule has 0 aliphatic carbocycles. The second-order valence-electron chi connectivity index (χ2n) is 35.5. The molecule has 0 unspecified atom stereocenters. The third-order valence-electron chi connectivity index (χ3n) is 25.3. The van der Waals surface area contributed by atoms with Gasteiger partial charge in [0.25, 0.3) is 0 Å². The maximum Gasteiger partial charge on any atom is 0.305 e. The first-order chi connectivity index (χ1) is 65.9. The number of aliphatic hydroxyl groups excluding tert-OH is 1. The first kappa shape index (κ1) is 108. The molecule has 0 spiro atoms. The number of imidazole rings is 1. The van der Waals surface area contributed by atoms with E-state index < -0.39 is 247 Å². The number of hydrogen-bond donors (Lipinski definition) is 19. The van der Waals surface area contributed by atoms with Gasteiger partial charge in [-0.25, -0.2) is 4.98 Å². The van der Waals surface area contributed by atoms with E-state index in [0.29, 0.717) is 82.7 Å². The van der Waals surface area contributed by atoms with Crippen LogP contribution in [0.5, 0.6) is 5.75 Å². The fourth-order valence-corrected chi connectivity index (χ4v) is 18.3. The Morgan fingerprint density at radius 3 is 1.70 bits per heavy atom. The van der Waals surface area contributed by atoms with Crippen molar-refractivity contribution in [3.05, 3.63) is 120 Å². The van der Waals surface area contributed by atoms with Crippen LogP contribution in [0.15, 0.2) is 97.7 Å². The van der Waals surface area contributed by atoms with E-state index in [1.165, 1.54) is 69.8 Å². The number of unbranched alkanes of at least 4 members (excludes halogenated alkanes) is 4. The van der Waals surface area contributed by atoms with E-state index in [9.17, 15) is 63.3 Å². The average molecular weight is 1940 g/mol. The quantitative estimate of drug-likeness (QED) is 0.0240. The largest absolute Gasteiger partial charge is 0.508 e. The zero-order valence-corrected chi connectivity index (χ0v) is 79.5. The van der Waals surface area contributed by atoms with Gasteiger partial charge in [0.2, 0.25) is 94.5 Å². The topological polar surface area (TPSA) is 657 Å². The van der Waals surface area contributed by atoms with E-state index in [4.69, 9.17) is 22.9 Å². The van der Waals surface area contributed by atoms with Crippen molar-refractivity contribution in [3.8, 4) is 5.75 Å². The lowest BCUT2D eigenvalue weighted by atomic mass is 9.90. The van der Waals surface area contributed by atoms with Gasteiger partial charge in [0.1, 0.15) is 78.3 Å². The highest BCUT2D eigenvalue weighted by Crippen LogP contribution is 2.31. The summed E-state index contributed by atoms with van der Waals surface area (Å²) in [6.45, 7) is 3.89. The molecule has 0 radical (unpaired) electrons. The number of para-hydroxylation sites is 2. The standard InChI is InChI=1S/C94H132N22O21S/c1-7-9-26-73-88(131)106-66(33-34-78(97)120)86(129)111-72(84(127)102-48-79(98)121)50-138-51-80(122)104-69(38-54-29-31-59(117)32-30-54)90(133)112(4)53(3)82(125)109-71(44-81(123)124)93(136)115-37-19-28-74(115)89(132)108-68(42-58-47-99-52-103-58)87(130)107-67(25-16-18-36-96)92(135)116-49-60(118)43-76(116)77(119)41-55(39-56-45-100-63-22-13-11-20-61(56)63)83(126)105-65(24-15-17-35-95)85(128)110-70(40-57-46-101-64-23-14-12-21-62(57)64)91(134)114(6)75(27-10-8-2)94(137)113(73)5/h11-14,20-23,29-32,45-47,52-53,55,60,65-76,100-101,117-118H,7-10,15-19,24-28,33-44,48-51,95-96H2,1-6H3,(H2,97,120)(H2,98,121)(H,99,103)(H,102,127)(H,104,122)(H,105,126)(H,106,131)(H,107,130)(H,108,132)(H,109,125)(H,110,128)(H,111,129)(H,123,124)/t53-,55+,60+,65-,66-,67-,68-,69-,70-,71-,72-,73-,74-,75-,76-/m0/s1. The van der Waals surface area contributed by atoms with Gasteiger partial charge in [-0.3, -0.25) is 86.3 Å². The number of thioether (sulfide) groups is 1. The summed E-state index contributed by atoms with van der Waals surface area (Å²) in [5, 5.41) is 57.4. The molecule has 23 N–H and O–H groups in total. The molecule has 9 rings (SSSR count). The van der Waals surface area contributed by atoms with E-state index in [1.807, 2.05) is 19.9 Å². The highest BCUT2D eigenvalue weighted by Gasteiger charge is 2.47. The minimum Gasteiger partial charge on any atom is -0.508 e. The summed E-state index contributed by atoms with van der Waals surface area (Å²) in [5.74, 6) is -19.7. The maximum atomic E-state index is 15.9. The van der Waals surface area contributed by atoms with E-state index in [0.717, 1.165) is 31.4 Å². The molecule has 16 amide bonds. The number of aromatic amines is 3. The third kappa shape index (κ3) is 30.6. The van der Waals surface area contributed by atoms with Crippen LogP contribution in [0.1, 0.15) is 165 Å². The number of carboxylic acid groups (broad SMARTS) is 1. The number of ketones is 1. The number of nitrogens with one attached hydrogen (secondary N) is 12. The smallest absolute Gasteiger partial charge is 0.305 e. The Balaban J connectivity index is 1.12. The van der Waals surface area contributed by atoms with Crippen LogP contribution >= 0.6 is 11.8 Å². The van der Waals surface area contributed by atoms with Crippen molar-refractivity contribution < 1.29 is 102 Å². The fraction of sp³-hybridized carbons (Fsp3) is 0.543. The molecule has 44 heteroatoms. The third-order valence-corrected chi connectivity index (χ3v) is 26.3. The first-order valence-electron chi connectivity index (χ1n) is 46.9. The number of rotatable bonds is 30. The van der Waals surface area contributed by atoms with Gasteiger partial charge < -0.3 is 126 Å². The number of phenolic OH excluding ortho intramolecular Hbond substituents is 1. The molecule has 3 saturated heterocycles. The van der Waals surface area contributed by atoms with Crippen LogP contribution in [0, 0.1) is 5.92 Å². The normalized spacial score (nSPS) is 24.5. The minimum atomic E-state index is -1.91. The number of nitrogens with two attached hydrogens (primary N) is 4. The number of aliphatic carboxylic acids is 1. The van der Waals surface area contributed by atoms with Gasteiger partial charge in [-0.2, -0.15) is 0 Å². The molecule has 0 saturated carbocycles. The highest BCUT2D eigenvalue weighted by atomic mass is 32.2. The van der Waals surface area contributed by atoms with Crippen LogP contribution in [0.3, 0.4) is 0 Å². The number of primary amides is 2. The van der Waals surface area contributed by atoms with Crippen molar-refractivity contribution in [2.45, 2.75) is 253 Å². The molecule has 750 valence electrons. The lowest BCUT2D eigenvalue weighted by molar-refractivity contribution is -0.149. The zero-order valence-electron chi connectivity index (χ0n) is 78.7. The van der Waals surface area contributed by atoms with Gasteiger partial charge in [-0.1, -0.05) is 88.1 Å². The van der Waals surface area contributed by atoms with Crippen molar-refractivity contribution in [1.29, 1.82) is 0 Å². The van der Waals surface area contributed by atoms with Gasteiger partial charge in [0.15, 0.2) is 5.78 Å². The van der Waals surface area contributed by atoms with Crippen molar-refractivity contribution in [3.63, 3.8) is 0 Å². The van der Waals surface area contributed by atoms with Gasteiger partial charge in [-0.05, 0) is 138 Å². The Kier molecular flexibility index (Phi) is 41.4.